The number of anilines is 3. The van der Waals surface area contributed by atoms with Crippen molar-refractivity contribution in [2.45, 2.75) is 19.8 Å². The van der Waals surface area contributed by atoms with Crippen LogP contribution in [0.3, 0.4) is 0 Å². The lowest BCUT2D eigenvalue weighted by atomic mass is 10.0. The second kappa shape index (κ2) is 6.20. The van der Waals surface area contributed by atoms with Gasteiger partial charge in [0, 0.05) is 22.3 Å². The molecule has 0 fully saturated rings. The Morgan fingerprint density at radius 1 is 1.00 bits per heavy atom. The number of hydrogen-bond donors (Lipinski definition) is 2. The van der Waals surface area contributed by atoms with Crippen LogP contribution in [-0.2, 0) is 0 Å². The lowest BCUT2D eigenvalue weighted by Crippen LogP contribution is -1.91. The molecule has 112 valence electrons. The van der Waals surface area contributed by atoms with E-state index in [1.807, 2.05) is 24.3 Å². The standard InChI is InChI=1S/C18H19N3S/c1-12(2)13-3-5-14(6-4-13)17-11-22-18(21-17)20-16-9-7-15(19)8-10-16/h3-12H,19H2,1-2H3,(H,20,21). The molecular formula is C18H19N3S. The van der Waals surface area contributed by atoms with E-state index in [1.165, 1.54) is 5.56 Å². The highest BCUT2D eigenvalue weighted by Crippen LogP contribution is 2.28. The van der Waals surface area contributed by atoms with Crippen LogP contribution in [0.25, 0.3) is 11.3 Å². The van der Waals surface area contributed by atoms with Crippen molar-refractivity contribution in [3.8, 4) is 11.3 Å². The second-order valence-electron chi connectivity index (χ2n) is 5.56. The van der Waals surface area contributed by atoms with Crippen molar-refractivity contribution in [2.24, 2.45) is 0 Å². The van der Waals surface area contributed by atoms with E-state index >= 15 is 0 Å². The Balaban J connectivity index is 1.77. The summed E-state index contributed by atoms with van der Waals surface area (Å²) in [6.45, 7) is 4.40. The van der Waals surface area contributed by atoms with Crippen molar-refractivity contribution in [3.63, 3.8) is 0 Å². The first-order valence-electron chi connectivity index (χ1n) is 7.30. The van der Waals surface area contributed by atoms with Gasteiger partial charge in [-0.2, -0.15) is 0 Å². The maximum Gasteiger partial charge on any atom is 0.187 e. The molecule has 4 heteroatoms. The molecule has 0 unspecified atom stereocenters. The minimum absolute atomic E-state index is 0.548. The van der Waals surface area contributed by atoms with Gasteiger partial charge in [0.1, 0.15) is 0 Å². The molecule has 1 aromatic heterocycles. The number of benzene rings is 2. The van der Waals surface area contributed by atoms with Gasteiger partial charge in [0.15, 0.2) is 5.13 Å². The zero-order valence-electron chi connectivity index (χ0n) is 12.7. The average molecular weight is 309 g/mol. The summed E-state index contributed by atoms with van der Waals surface area (Å²) in [4.78, 5) is 4.65. The minimum atomic E-state index is 0.548. The molecule has 0 bridgehead atoms. The van der Waals surface area contributed by atoms with Crippen LogP contribution in [0.5, 0.6) is 0 Å². The van der Waals surface area contributed by atoms with Gasteiger partial charge in [0.05, 0.1) is 5.69 Å². The lowest BCUT2D eigenvalue weighted by molar-refractivity contribution is 0.867. The van der Waals surface area contributed by atoms with Gasteiger partial charge < -0.3 is 11.1 Å². The highest BCUT2D eigenvalue weighted by molar-refractivity contribution is 7.14. The van der Waals surface area contributed by atoms with Crippen LogP contribution in [0.2, 0.25) is 0 Å². The van der Waals surface area contributed by atoms with Gasteiger partial charge in [0.2, 0.25) is 0 Å². The Hall–Kier alpha value is -2.33. The van der Waals surface area contributed by atoms with Crippen LogP contribution in [0.4, 0.5) is 16.5 Å². The summed E-state index contributed by atoms with van der Waals surface area (Å²) < 4.78 is 0. The number of nitrogens with one attached hydrogen (secondary N) is 1. The summed E-state index contributed by atoms with van der Waals surface area (Å²) in [6, 6.07) is 16.3. The van der Waals surface area contributed by atoms with Gasteiger partial charge in [-0.25, -0.2) is 4.98 Å². The number of nitrogens with two attached hydrogens (primary N) is 1. The van der Waals surface area contributed by atoms with Crippen molar-refractivity contribution >= 4 is 27.8 Å². The van der Waals surface area contributed by atoms with Gasteiger partial charge >= 0.3 is 0 Å². The zero-order chi connectivity index (χ0) is 15.5. The quantitative estimate of drug-likeness (QED) is 0.646. The van der Waals surface area contributed by atoms with Gasteiger partial charge in [-0.15, -0.1) is 11.3 Å². The van der Waals surface area contributed by atoms with Gasteiger partial charge in [0.25, 0.3) is 0 Å². The molecule has 0 atom stereocenters. The molecule has 3 rings (SSSR count). The Morgan fingerprint density at radius 2 is 1.68 bits per heavy atom. The molecule has 22 heavy (non-hydrogen) atoms. The molecule has 2 aromatic carbocycles. The first-order chi connectivity index (χ1) is 10.6. The van der Waals surface area contributed by atoms with Gasteiger partial charge in [-0.05, 0) is 35.7 Å². The van der Waals surface area contributed by atoms with Crippen molar-refractivity contribution in [2.75, 3.05) is 11.1 Å². The number of rotatable bonds is 4. The van der Waals surface area contributed by atoms with Crippen molar-refractivity contribution in [1.29, 1.82) is 0 Å². The van der Waals surface area contributed by atoms with E-state index in [1.54, 1.807) is 11.3 Å². The third kappa shape index (κ3) is 3.28. The summed E-state index contributed by atoms with van der Waals surface area (Å²) >= 11 is 1.60. The van der Waals surface area contributed by atoms with Crippen LogP contribution in [0.15, 0.2) is 53.9 Å². The summed E-state index contributed by atoms with van der Waals surface area (Å²) in [5, 5.41) is 6.26. The van der Waals surface area contributed by atoms with Crippen molar-refractivity contribution < 1.29 is 0 Å². The number of nitrogen functional groups attached to an aromatic ring is 1. The fourth-order valence-corrected chi connectivity index (χ4v) is 2.93. The van der Waals surface area contributed by atoms with Crippen LogP contribution >= 0.6 is 11.3 Å². The van der Waals surface area contributed by atoms with Crippen LogP contribution in [0, 0.1) is 0 Å². The number of nitrogens with zero attached hydrogens (tertiary/aromatic N) is 1. The fraction of sp³-hybridized carbons (Fsp3) is 0.167. The summed E-state index contributed by atoms with van der Waals surface area (Å²) in [5.74, 6) is 0.548. The topological polar surface area (TPSA) is 50.9 Å². The predicted molar refractivity (Wildman–Crippen MR) is 95.8 cm³/mol. The monoisotopic (exact) mass is 309 g/mol. The van der Waals surface area contributed by atoms with Gasteiger partial charge in [-0.3, -0.25) is 0 Å². The average Bonchev–Trinajstić information content (AvgIpc) is 2.98. The third-order valence-corrected chi connectivity index (χ3v) is 4.30. The molecule has 0 spiro atoms. The van der Waals surface area contributed by atoms with E-state index in [9.17, 15) is 0 Å². The molecular weight excluding hydrogens is 290 g/mol. The fourth-order valence-electron chi connectivity index (χ4n) is 2.19. The summed E-state index contributed by atoms with van der Waals surface area (Å²) in [5.41, 5.74) is 10.9. The predicted octanol–water partition coefficient (Wildman–Crippen LogP) is 5.26. The van der Waals surface area contributed by atoms with E-state index in [-0.39, 0.29) is 0 Å². The molecule has 0 radical (unpaired) electrons. The highest BCUT2D eigenvalue weighted by atomic mass is 32.1. The Morgan fingerprint density at radius 3 is 2.32 bits per heavy atom. The number of aromatic nitrogens is 1. The van der Waals surface area contributed by atoms with E-state index in [2.05, 4.69) is 53.8 Å². The lowest BCUT2D eigenvalue weighted by Gasteiger charge is -2.05. The SMILES string of the molecule is CC(C)c1ccc(-c2csc(Nc3ccc(N)cc3)n2)cc1. The summed E-state index contributed by atoms with van der Waals surface area (Å²) in [7, 11) is 0. The second-order valence-corrected chi connectivity index (χ2v) is 6.42. The highest BCUT2D eigenvalue weighted by Gasteiger charge is 2.06. The van der Waals surface area contributed by atoms with Gasteiger partial charge in [-0.1, -0.05) is 38.1 Å². The Bertz CT molecular complexity index is 743. The molecule has 0 aliphatic carbocycles. The van der Waals surface area contributed by atoms with Crippen LogP contribution in [-0.4, -0.2) is 4.98 Å². The Labute approximate surface area is 134 Å². The van der Waals surface area contributed by atoms with E-state index < -0.39 is 0 Å². The normalized spacial score (nSPS) is 10.9. The Kier molecular flexibility index (Phi) is 4.11. The number of hydrogen-bond acceptors (Lipinski definition) is 4. The minimum Gasteiger partial charge on any atom is -0.399 e. The molecule has 0 saturated carbocycles. The molecule has 3 N–H and O–H groups in total. The smallest absolute Gasteiger partial charge is 0.187 e. The largest absolute Gasteiger partial charge is 0.399 e. The first-order valence-corrected chi connectivity index (χ1v) is 8.18. The maximum atomic E-state index is 5.69. The molecule has 1 heterocycles. The molecule has 0 aliphatic heterocycles. The molecule has 3 nitrogen and oxygen atoms in total. The first kappa shape index (κ1) is 14.6. The van der Waals surface area contributed by atoms with E-state index in [0.717, 1.165) is 27.8 Å². The third-order valence-electron chi connectivity index (χ3n) is 3.54. The molecule has 0 aliphatic rings. The molecule has 0 amide bonds. The van der Waals surface area contributed by atoms with Crippen molar-refractivity contribution in [1.82, 2.24) is 4.98 Å². The van der Waals surface area contributed by atoms with Crippen LogP contribution < -0.4 is 11.1 Å². The maximum absolute atomic E-state index is 5.69. The van der Waals surface area contributed by atoms with E-state index in [0.29, 0.717) is 5.92 Å². The number of thiazole rings is 1. The van der Waals surface area contributed by atoms with Crippen molar-refractivity contribution in [3.05, 3.63) is 59.5 Å². The summed E-state index contributed by atoms with van der Waals surface area (Å²) in [6.07, 6.45) is 0. The van der Waals surface area contributed by atoms with E-state index in [4.69, 9.17) is 5.73 Å². The molecule has 3 aromatic rings. The van der Waals surface area contributed by atoms with Crippen LogP contribution in [0.1, 0.15) is 25.3 Å². The molecule has 0 saturated heterocycles. The zero-order valence-corrected chi connectivity index (χ0v) is 13.5.